The van der Waals surface area contributed by atoms with Crippen molar-refractivity contribution < 1.29 is 64.7 Å². The summed E-state index contributed by atoms with van der Waals surface area (Å²) in [6.45, 7) is 3.32. The molecule has 66 heavy (non-hydrogen) atoms. The number of hydrogen-bond acceptors (Lipinski definition) is 19. The molecule has 0 aromatic heterocycles. The van der Waals surface area contributed by atoms with E-state index in [0.717, 1.165) is 27.6 Å². The predicted octanol–water partition coefficient (Wildman–Crippen LogP) is 8.45. The fourth-order valence-electron chi connectivity index (χ4n) is 6.45. The first-order chi connectivity index (χ1) is 31.0. The van der Waals surface area contributed by atoms with Crippen LogP contribution in [0.1, 0.15) is 11.1 Å². The van der Waals surface area contributed by atoms with Crippen LogP contribution in [-0.4, -0.2) is 81.5 Å². The summed E-state index contributed by atoms with van der Waals surface area (Å²) < 4.78 is 131. The summed E-state index contributed by atoms with van der Waals surface area (Å²) in [6, 6.07) is 18.8. The fourth-order valence-corrected chi connectivity index (χ4v) is 9.54. The minimum Gasteiger partial charge on any atom is -0.494 e. The summed E-state index contributed by atoms with van der Waals surface area (Å²) in [5, 5.41) is 22.9. The summed E-state index contributed by atoms with van der Waals surface area (Å²) in [7, 11) is -11.2. The quantitative estimate of drug-likeness (QED) is 0.0679. The van der Waals surface area contributed by atoms with E-state index in [9.17, 15) is 38.5 Å². The van der Waals surface area contributed by atoms with E-state index < -0.39 is 46.5 Å². The molecule has 0 spiro atoms. The van der Waals surface area contributed by atoms with E-state index in [-0.39, 0.29) is 82.2 Å². The van der Waals surface area contributed by atoms with Crippen LogP contribution in [0.4, 0.5) is 38.9 Å². The maximum atomic E-state index is 13.4. The maximum Gasteiger partial charge on any atom is 0.323 e. The molecule has 0 heterocycles. The van der Waals surface area contributed by atoms with E-state index in [4.69, 9.17) is 22.0 Å². The second-order valence-corrected chi connectivity index (χ2v) is 20.5. The molecule has 0 aliphatic carbocycles. The Labute approximate surface area is 379 Å². The van der Waals surface area contributed by atoms with Gasteiger partial charge in [0.2, 0.25) is 0 Å². The van der Waals surface area contributed by atoms with Crippen molar-refractivity contribution >= 4 is 102 Å². The van der Waals surface area contributed by atoms with Crippen LogP contribution in [0.25, 0.3) is 21.5 Å². The average Bonchev–Trinajstić information content (AvgIpc) is 3.27. The molecule has 0 radical (unpaired) electrons. The van der Waals surface area contributed by atoms with Crippen LogP contribution >= 0.6 is 0 Å². The largest absolute Gasteiger partial charge is 0.494 e. The molecule has 2 amide bonds. The number of nitrogens with one attached hydrogen (secondary N) is 2. The van der Waals surface area contributed by atoms with Gasteiger partial charge in [-0.2, -0.15) is 49.0 Å². The van der Waals surface area contributed by atoms with Crippen molar-refractivity contribution in [1.29, 1.82) is 0 Å². The number of carbonyl (C=O) groups excluding carboxylic acids is 1. The van der Waals surface area contributed by atoms with Crippen LogP contribution in [0.3, 0.4) is 0 Å². The summed E-state index contributed by atoms with van der Waals surface area (Å²) in [4.78, 5) is 12.6. The first-order valence-corrected chi connectivity index (χ1v) is 24.8. The molecule has 0 unspecified atom stereocenters. The number of aryl methyl sites for hydroxylation is 2. The fraction of sp³-hybridized carbons (Fsp3) is 0.195. The third-order valence-corrected chi connectivity index (χ3v) is 14.1. The summed E-state index contributed by atoms with van der Waals surface area (Å²) in [5.41, 5.74) is 1.68. The van der Waals surface area contributed by atoms with E-state index in [2.05, 4.69) is 35.3 Å². The number of carbonyl (C=O) groups is 1. The van der Waals surface area contributed by atoms with E-state index >= 15 is 0 Å². The van der Waals surface area contributed by atoms with Gasteiger partial charge in [-0.3, -0.25) is 12.5 Å². The number of hydrogen-bond donors (Lipinski definition) is 2. The number of nitrogens with zero attached hydrogens (tertiary/aromatic N) is 4. The van der Waals surface area contributed by atoms with Gasteiger partial charge in [-0.15, -0.1) is 5.11 Å². The molecule has 6 rings (SSSR count). The SMILES string of the molecule is COc1cc(N=Nc2cc(S(=O)(=O)OC)c3cccc(S(=O)(=O)OC)c3c2)c(C)cc1NC(=O)Nc1cc(C)c(N=Nc2cc3c(S(=O)(=O)OC)cccc3cc2OS(C)(=O)=O)cc1OC. The number of amides is 2. The number of urea groups is 1. The van der Waals surface area contributed by atoms with E-state index in [0.29, 0.717) is 16.5 Å². The normalized spacial score (nSPS) is 12.5. The minimum absolute atomic E-state index is 0.00736. The van der Waals surface area contributed by atoms with Gasteiger partial charge in [0.25, 0.3) is 30.4 Å². The summed E-state index contributed by atoms with van der Waals surface area (Å²) in [5.74, 6) is 0.0703. The Kier molecular flexibility index (Phi) is 14.1. The van der Waals surface area contributed by atoms with Crippen molar-refractivity contribution in [3.05, 3.63) is 96.1 Å². The smallest absolute Gasteiger partial charge is 0.323 e. The Bertz CT molecular complexity index is 3460. The van der Waals surface area contributed by atoms with Gasteiger partial charge in [0.05, 0.1) is 70.2 Å². The minimum atomic E-state index is -4.36. The first kappa shape index (κ1) is 48.8. The van der Waals surface area contributed by atoms with Crippen molar-refractivity contribution in [3.63, 3.8) is 0 Å². The molecule has 348 valence electrons. The molecule has 0 aliphatic heterocycles. The number of rotatable bonds is 16. The Morgan fingerprint density at radius 2 is 0.985 bits per heavy atom. The number of benzene rings is 6. The number of methoxy groups -OCH3 is 2. The monoisotopic (exact) mass is 984 g/mol. The van der Waals surface area contributed by atoms with Crippen LogP contribution in [0.2, 0.25) is 0 Å². The molecule has 6 aromatic carbocycles. The highest BCUT2D eigenvalue weighted by Gasteiger charge is 2.25. The predicted molar refractivity (Wildman–Crippen MR) is 242 cm³/mol. The molecule has 0 fully saturated rings. The van der Waals surface area contributed by atoms with Crippen LogP contribution < -0.4 is 24.3 Å². The Morgan fingerprint density at radius 1 is 0.500 bits per heavy atom. The zero-order valence-corrected chi connectivity index (χ0v) is 39.4. The lowest BCUT2D eigenvalue weighted by atomic mass is 10.1. The molecule has 0 bridgehead atoms. The van der Waals surface area contributed by atoms with Gasteiger partial charge in [0, 0.05) is 28.3 Å². The second kappa shape index (κ2) is 19.1. The van der Waals surface area contributed by atoms with E-state index in [1.165, 1.54) is 80.9 Å². The average molecular weight is 985 g/mol. The lowest BCUT2D eigenvalue weighted by Gasteiger charge is -2.15. The van der Waals surface area contributed by atoms with Crippen LogP contribution in [0.15, 0.2) is 120 Å². The van der Waals surface area contributed by atoms with Crippen molar-refractivity contribution in [1.82, 2.24) is 0 Å². The molecule has 21 nitrogen and oxygen atoms in total. The van der Waals surface area contributed by atoms with Crippen LogP contribution in [0.5, 0.6) is 17.2 Å². The van der Waals surface area contributed by atoms with Gasteiger partial charge in [-0.25, -0.2) is 4.79 Å². The van der Waals surface area contributed by atoms with Crippen molar-refractivity contribution in [2.75, 3.05) is 52.4 Å². The first-order valence-electron chi connectivity index (χ1n) is 18.8. The Hall–Kier alpha value is -6.61. The standard InChI is InChI=1S/C41H40N6O15S4/c1-23-15-32(35(57-3)21-30(23)45-44-26-18-29-27(40(19-26)66(55,56)61-7)12-10-14-39(29)65(53,54)60-6)42-41(48)43-33-16-24(2)31(22-36(33)58-4)46-47-34-20-28-25(17-37(34)62-63(8,49)50)11-9-13-38(28)64(51,52)59-5/h9-22H,1-8H3,(H2,42,43,48). The Morgan fingerprint density at radius 3 is 1.50 bits per heavy atom. The van der Waals surface area contributed by atoms with Crippen molar-refractivity contribution in [2.24, 2.45) is 20.5 Å². The third kappa shape index (κ3) is 10.6. The zero-order chi connectivity index (χ0) is 48.4. The molecule has 0 aliphatic rings. The summed E-state index contributed by atoms with van der Waals surface area (Å²) >= 11 is 0. The van der Waals surface area contributed by atoms with Crippen LogP contribution in [0, 0.1) is 13.8 Å². The number of anilines is 2. The van der Waals surface area contributed by atoms with Gasteiger partial charge in [0.15, 0.2) is 5.75 Å². The van der Waals surface area contributed by atoms with E-state index in [1.807, 2.05) is 0 Å². The van der Waals surface area contributed by atoms with Crippen LogP contribution in [-0.2, 0) is 53.0 Å². The van der Waals surface area contributed by atoms with Crippen molar-refractivity contribution in [2.45, 2.75) is 28.5 Å². The molecular weight excluding hydrogens is 945 g/mol. The summed E-state index contributed by atoms with van der Waals surface area (Å²) in [6.07, 6.45) is 0.838. The van der Waals surface area contributed by atoms with Gasteiger partial charge in [-0.1, -0.05) is 24.3 Å². The molecule has 0 saturated carbocycles. The number of fused-ring (bicyclic) bond motifs is 2. The number of ether oxygens (including phenoxy) is 2. The van der Waals surface area contributed by atoms with Gasteiger partial charge in [0.1, 0.15) is 31.9 Å². The van der Waals surface area contributed by atoms with Crippen molar-refractivity contribution in [3.8, 4) is 17.2 Å². The van der Waals surface area contributed by atoms with Gasteiger partial charge < -0.3 is 24.3 Å². The topological polar surface area (TPSA) is 283 Å². The zero-order valence-electron chi connectivity index (χ0n) is 36.1. The molecule has 0 saturated heterocycles. The number of azo groups is 2. The van der Waals surface area contributed by atoms with Gasteiger partial charge >= 0.3 is 16.1 Å². The van der Waals surface area contributed by atoms with E-state index in [1.54, 1.807) is 32.0 Å². The highest BCUT2D eigenvalue weighted by molar-refractivity contribution is 7.87. The maximum absolute atomic E-state index is 13.4. The highest BCUT2D eigenvalue weighted by atomic mass is 32.2. The molecular formula is C41H40N6O15S4. The molecule has 0 atom stereocenters. The molecule has 2 N–H and O–H groups in total. The molecule has 6 aromatic rings. The molecule has 25 heteroatoms. The third-order valence-electron chi connectivity index (χ3n) is 9.60. The van der Waals surface area contributed by atoms with Gasteiger partial charge in [-0.05, 0) is 78.9 Å². The second-order valence-electron chi connectivity index (χ2n) is 13.9. The Balaban J connectivity index is 1.27. The lowest BCUT2D eigenvalue weighted by molar-refractivity contribution is 0.262. The lowest BCUT2D eigenvalue weighted by Crippen LogP contribution is -2.20. The highest BCUT2D eigenvalue weighted by Crippen LogP contribution is 2.41.